The SMILES string of the molecule is CCOc1ccccc1OCCN[C@H](C)Cc1ccc(OC)c(S(N)(=O)=O)c1.Cc1cnc(NC(=O)C2=C(O)c3ccccc3S(=O)(=O)N2C)s1. The number of hydrogen-bond donors (Lipinski definition) is 4. The smallest absolute Gasteiger partial charge is 0.278 e. The van der Waals surface area contributed by atoms with Crippen molar-refractivity contribution in [3.8, 4) is 17.2 Å². The summed E-state index contributed by atoms with van der Waals surface area (Å²) in [6, 6.07) is 18.7. The highest BCUT2D eigenvalue weighted by Crippen LogP contribution is 2.35. The highest BCUT2D eigenvalue weighted by atomic mass is 32.2. The summed E-state index contributed by atoms with van der Waals surface area (Å²) < 4.78 is 65.6. The number of para-hydroxylation sites is 2. The van der Waals surface area contributed by atoms with Gasteiger partial charge in [-0.25, -0.2) is 27.0 Å². The van der Waals surface area contributed by atoms with Crippen molar-refractivity contribution in [2.24, 2.45) is 5.14 Å². The Morgan fingerprint density at radius 3 is 2.35 bits per heavy atom. The normalized spacial score (nSPS) is 14.1. The van der Waals surface area contributed by atoms with Crippen LogP contribution >= 0.6 is 11.3 Å². The number of rotatable bonds is 13. The van der Waals surface area contributed by atoms with Crippen molar-refractivity contribution >= 4 is 48.2 Å². The molecule has 0 saturated heterocycles. The minimum Gasteiger partial charge on any atom is -0.505 e. The van der Waals surface area contributed by atoms with Crippen molar-refractivity contribution in [3.63, 3.8) is 0 Å². The molecular formula is C34H41N5O9S3. The van der Waals surface area contributed by atoms with E-state index in [9.17, 15) is 26.7 Å². The molecule has 2 heterocycles. The highest BCUT2D eigenvalue weighted by Gasteiger charge is 2.37. The highest BCUT2D eigenvalue weighted by molar-refractivity contribution is 7.89. The van der Waals surface area contributed by atoms with Gasteiger partial charge in [0, 0.05) is 36.3 Å². The fraction of sp³-hybridized carbons (Fsp3) is 0.294. The summed E-state index contributed by atoms with van der Waals surface area (Å²) in [5.41, 5.74) is 0.620. The number of nitrogens with one attached hydrogen (secondary N) is 2. The number of aromatic nitrogens is 1. The zero-order chi connectivity index (χ0) is 37.3. The van der Waals surface area contributed by atoms with Gasteiger partial charge in [-0.15, -0.1) is 11.3 Å². The first-order chi connectivity index (χ1) is 24.2. The summed E-state index contributed by atoms with van der Waals surface area (Å²) in [5.74, 6) is 0.563. The van der Waals surface area contributed by atoms with Crippen LogP contribution in [0.15, 0.2) is 88.4 Å². The maximum absolute atomic E-state index is 12.5. The number of carbonyl (C=O) groups excluding carboxylic acids is 1. The number of methoxy groups -OCH3 is 1. The molecule has 0 fully saturated rings. The van der Waals surface area contributed by atoms with Crippen molar-refractivity contribution in [2.75, 3.05) is 39.2 Å². The maximum Gasteiger partial charge on any atom is 0.278 e. The first-order valence-electron chi connectivity index (χ1n) is 15.7. The first kappa shape index (κ1) is 39.1. The number of nitrogens with zero attached hydrogens (tertiary/aromatic N) is 2. The van der Waals surface area contributed by atoms with E-state index in [2.05, 4.69) is 15.6 Å². The third kappa shape index (κ3) is 9.77. The van der Waals surface area contributed by atoms with Gasteiger partial charge in [0.1, 0.15) is 17.3 Å². The van der Waals surface area contributed by atoms with Crippen molar-refractivity contribution in [1.82, 2.24) is 14.6 Å². The summed E-state index contributed by atoms with van der Waals surface area (Å²) in [5, 5.41) is 21.8. The second kappa shape index (κ2) is 17.0. The molecule has 14 nitrogen and oxygen atoms in total. The Kier molecular flexibility index (Phi) is 13.1. The summed E-state index contributed by atoms with van der Waals surface area (Å²) in [6.07, 6.45) is 2.23. The molecule has 0 saturated carbocycles. The molecule has 1 aliphatic heterocycles. The van der Waals surface area contributed by atoms with Gasteiger partial charge in [-0.05, 0) is 69.2 Å². The van der Waals surface area contributed by atoms with Crippen LogP contribution in [0.2, 0.25) is 0 Å². The average Bonchev–Trinajstić information content (AvgIpc) is 3.50. The standard InChI is InChI=1S/C20H28N2O5S.C14H13N3O4S2/c1-4-26-17-7-5-6-8-18(17)27-12-11-22-15(2)13-16-9-10-19(25-3)20(14-16)28(21,23)24;1-8-7-15-14(22-8)16-13(19)11-12(18)9-5-3-4-6-10(9)23(20,21)17(11)2/h5-10,14-15,22H,4,11-13H2,1-3H3,(H2,21,23,24);3-7,18H,1-2H3,(H,15,16,19)/t15-;/m1./s1. The number of aryl methyl sites for hydroxylation is 1. The van der Waals surface area contributed by atoms with Gasteiger partial charge in [-0.3, -0.25) is 14.4 Å². The largest absolute Gasteiger partial charge is 0.505 e. The fourth-order valence-electron chi connectivity index (χ4n) is 5.06. The summed E-state index contributed by atoms with van der Waals surface area (Å²) in [4.78, 5) is 17.3. The topological polar surface area (TPSA) is 199 Å². The van der Waals surface area contributed by atoms with Crippen LogP contribution in [0.5, 0.6) is 17.2 Å². The van der Waals surface area contributed by atoms with Crippen LogP contribution in [-0.4, -0.2) is 77.1 Å². The van der Waals surface area contributed by atoms with Gasteiger partial charge in [0.2, 0.25) is 10.0 Å². The number of hydrogen-bond acceptors (Lipinski definition) is 12. The molecule has 0 bridgehead atoms. The molecule has 0 spiro atoms. The number of ether oxygens (including phenoxy) is 3. The van der Waals surface area contributed by atoms with Crippen LogP contribution in [0.4, 0.5) is 5.13 Å². The summed E-state index contributed by atoms with van der Waals surface area (Å²) in [6.45, 7) is 7.49. The Morgan fingerprint density at radius 2 is 1.73 bits per heavy atom. The van der Waals surface area contributed by atoms with Crippen LogP contribution in [-0.2, 0) is 31.3 Å². The Hall–Kier alpha value is -4.68. The van der Waals surface area contributed by atoms with Gasteiger partial charge in [0.25, 0.3) is 15.9 Å². The number of aliphatic hydroxyl groups is 1. The van der Waals surface area contributed by atoms with Gasteiger partial charge in [-0.2, -0.15) is 0 Å². The zero-order valence-electron chi connectivity index (χ0n) is 28.7. The lowest BCUT2D eigenvalue weighted by Crippen LogP contribution is -2.37. The van der Waals surface area contributed by atoms with Gasteiger partial charge in [0.05, 0.1) is 18.6 Å². The lowest BCUT2D eigenvalue weighted by Gasteiger charge is -2.28. The number of nitrogens with two attached hydrogens (primary N) is 1. The molecule has 1 aromatic heterocycles. The molecule has 5 rings (SSSR count). The molecule has 5 N–H and O–H groups in total. The number of benzene rings is 3. The van der Waals surface area contributed by atoms with Crippen molar-refractivity contribution < 1.29 is 40.9 Å². The molecule has 4 aromatic rings. The maximum atomic E-state index is 12.5. The van der Waals surface area contributed by atoms with Crippen molar-refractivity contribution in [2.45, 2.75) is 43.0 Å². The van der Waals surface area contributed by atoms with E-state index in [4.69, 9.17) is 19.3 Å². The van der Waals surface area contributed by atoms with E-state index in [0.29, 0.717) is 37.1 Å². The van der Waals surface area contributed by atoms with Crippen molar-refractivity contribution in [3.05, 3.63) is 94.6 Å². The Balaban J connectivity index is 0.000000233. The van der Waals surface area contributed by atoms with E-state index in [1.807, 2.05) is 51.1 Å². The Morgan fingerprint density at radius 1 is 1.06 bits per heavy atom. The minimum absolute atomic E-state index is 0.00411. The molecule has 3 aromatic carbocycles. The van der Waals surface area contributed by atoms with Crippen molar-refractivity contribution in [1.29, 1.82) is 0 Å². The number of amides is 1. The average molecular weight is 760 g/mol. The number of aliphatic hydroxyl groups excluding tert-OH is 1. The molecular weight excluding hydrogens is 719 g/mol. The van der Waals surface area contributed by atoms with E-state index in [0.717, 1.165) is 20.5 Å². The van der Waals surface area contributed by atoms with Crippen LogP contribution in [0, 0.1) is 6.92 Å². The lowest BCUT2D eigenvalue weighted by molar-refractivity contribution is -0.113. The van der Waals surface area contributed by atoms with E-state index < -0.39 is 26.0 Å². The molecule has 1 atom stereocenters. The summed E-state index contributed by atoms with van der Waals surface area (Å²) >= 11 is 1.25. The fourth-order valence-corrected chi connectivity index (χ4v) is 7.86. The zero-order valence-corrected chi connectivity index (χ0v) is 31.2. The van der Waals surface area contributed by atoms with Gasteiger partial charge in [-0.1, -0.05) is 30.3 Å². The molecule has 0 aliphatic carbocycles. The van der Waals surface area contributed by atoms with Gasteiger partial charge < -0.3 is 24.6 Å². The Labute approximate surface area is 302 Å². The third-order valence-electron chi connectivity index (χ3n) is 7.45. The third-order valence-corrected chi connectivity index (χ3v) is 11.0. The number of anilines is 1. The van der Waals surface area contributed by atoms with Crippen LogP contribution in [0.3, 0.4) is 0 Å². The number of sulfonamides is 2. The number of carbonyl (C=O) groups is 1. The van der Waals surface area contributed by atoms with Crippen LogP contribution in [0.1, 0.15) is 29.9 Å². The van der Waals surface area contributed by atoms with Gasteiger partial charge >= 0.3 is 0 Å². The predicted octanol–water partition coefficient (Wildman–Crippen LogP) is 4.29. The molecule has 274 valence electrons. The second-order valence-corrected chi connectivity index (χ2v) is 15.9. The second-order valence-electron chi connectivity index (χ2n) is 11.2. The number of primary sulfonamides is 1. The predicted molar refractivity (Wildman–Crippen MR) is 195 cm³/mol. The number of thiazole rings is 1. The Bertz CT molecular complexity index is 2100. The van der Waals surface area contributed by atoms with Crippen LogP contribution in [0.25, 0.3) is 5.76 Å². The van der Waals surface area contributed by atoms with E-state index in [1.165, 1.54) is 37.6 Å². The quantitative estimate of drug-likeness (QED) is 0.142. The summed E-state index contributed by atoms with van der Waals surface area (Å²) in [7, 11) is -5.10. The monoisotopic (exact) mass is 759 g/mol. The first-order valence-corrected chi connectivity index (χ1v) is 19.5. The molecule has 1 amide bonds. The molecule has 0 radical (unpaired) electrons. The molecule has 17 heteroatoms. The van der Waals surface area contributed by atoms with Gasteiger partial charge in [0.15, 0.2) is 28.1 Å². The molecule has 0 unspecified atom stereocenters. The number of likely N-dealkylation sites (N-methyl/N-ethyl adjacent to an activating group) is 1. The molecule has 1 aliphatic rings. The van der Waals surface area contributed by atoms with E-state index in [1.54, 1.807) is 30.5 Å². The van der Waals surface area contributed by atoms with Crippen LogP contribution < -0.4 is 30.0 Å². The minimum atomic E-state index is -3.90. The number of fused-ring (bicyclic) bond motifs is 1. The lowest BCUT2D eigenvalue weighted by atomic mass is 10.1. The van der Waals surface area contributed by atoms with E-state index in [-0.39, 0.29) is 38.6 Å². The molecule has 51 heavy (non-hydrogen) atoms. The van der Waals surface area contributed by atoms with E-state index >= 15 is 0 Å².